The number of nitrogens with two attached hydrogens (primary N) is 1. The van der Waals surface area contributed by atoms with Crippen LogP contribution in [0.1, 0.15) is 58.4 Å². The minimum Gasteiger partial charge on any atom is -0.493 e. The summed E-state index contributed by atoms with van der Waals surface area (Å²) in [5.74, 6) is 2.37. The van der Waals surface area contributed by atoms with Gasteiger partial charge in [0.2, 0.25) is 0 Å². The lowest BCUT2D eigenvalue weighted by Gasteiger charge is -2.36. The molecule has 0 spiro atoms. The van der Waals surface area contributed by atoms with Crippen LogP contribution in [0.15, 0.2) is 18.2 Å². The lowest BCUT2D eigenvalue weighted by atomic mass is 9.83. The van der Waals surface area contributed by atoms with Crippen molar-refractivity contribution in [3.05, 3.63) is 23.8 Å². The summed E-state index contributed by atoms with van der Waals surface area (Å²) in [7, 11) is 3.36. The number of β-amino-alcohol motifs (C(OH)–C–C–N with tert-alkyl or cyclic N) is 1. The first-order valence-electron chi connectivity index (χ1n) is 12.3. The first kappa shape index (κ1) is 33.2. The van der Waals surface area contributed by atoms with Crippen molar-refractivity contribution >= 4 is 24.8 Å². The first-order chi connectivity index (χ1) is 15.3. The average Bonchev–Trinajstić information content (AvgIpc) is 2.77. The summed E-state index contributed by atoms with van der Waals surface area (Å²) in [6, 6.07) is 6.48. The Labute approximate surface area is 219 Å². The maximum atomic E-state index is 10.8. The number of aliphatic hydroxyl groups excluding tert-OH is 1. The third-order valence-corrected chi connectivity index (χ3v) is 6.85. The monoisotopic (exact) mass is 522 g/mol. The molecule has 200 valence electrons. The summed E-state index contributed by atoms with van der Waals surface area (Å²) in [4.78, 5) is 2.40. The quantitative estimate of drug-likeness (QED) is 0.344. The van der Waals surface area contributed by atoms with Gasteiger partial charge in [-0.15, -0.1) is 24.8 Å². The molecule has 0 saturated carbocycles. The Morgan fingerprint density at radius 3 is 2.47 bits per heavy atom. The number of ether oxygens (including phenoxy) is 3. The highest BCUT2D eigenvalue weighted by atomic mass is 35.5. The molecule has 1 saturated heterocycles. The number of rotatable bonds is 14. The molecule has 6 nitrogen and oxygen atoms in total. The minimum atomic E-state index is -0.493. The van der Waals surface area contributed by atoms with Crippen LogP contribution in [0, 0.1) is 11.8 Å². The van der Waals surface area contributed by atoms with Gasteiger partial charge in [0, 0.05) is 38.8 Å². The number of hydrogen-bond donors (Lipinski definition) is 2. The van der Waals surface area contributed by atoms with E-state index in [4.69, 9.17) is 19.9 Å². The largest absolute Gasteiger partial charge is 0.493 e. The molecule has 0 aromatic heterocycles. The van der Waals surface area contributed by atoms with E-state index in [2.05, 4.69) is 37.8 Å². The number of likely N-dealkylation sites (tertiary alicyclic amines) is 1. The van der Waals surface area contributed by atoms with E-state index in [1.54, 1.807) is 14.2 Å². The highest BCUT2D eigenvalue weighted by Gasteiger charge is 2.27. The van der Waals surface area contributed by atoms with Crippen molar-refractivity contribution < 1.29 is 19.3 Å². The molecule has 0 aliphatic carbocycles. The van der Waals surface area contributed by atoms with Gasteiger partial charge in [-0.25, -0.2) is 0 Å². The van der Waals surface area contributed by atoms with E-state index in [9.17, 15) is 5.11 Å². The Bertz CT molecular complexity index is 666. The maximum Gasteiger partial charge on any atom is 0.161 e. The number of aliphatic hydroxyl groups is 1. The average molecular weight is 524 g/mol. The molecular weight excluding hydrogens is 475 g/mol. The van der Waals surface area contributed by atoms with Gasteiger partial charge < -0.3 is 25.1 Å². The summed E-state index contributed by atoms with van der Waals surface area (Å²) in [6.07, 6.45) is 5.76. The van der Waals surface area contributed by atoms with Gasteiger partial charge in [-0.3, -0.25) is 4.90 Å². The molecule has 1 aliphatic heterocycles. The number of piperidine rings is 1. The molecule has 1 heterocycles. The first-order valence-corrected chi connectivity index (χ1v) is 12.3. The highest BCUT2D eigenvalue weighted by Crippen LogP contribution is 2.31. The Morgan fingerprint density at radius 2 is 1.85 bits per heavy atom. The molecule has 0 bridgehead atoms. The van der Waals surface area contributed by atoms with Crippen molar-refractivity contribution in [1.29, 1.82) is 0 Å². The van der Waals surface area contributed by atoms with Gasteiger partial charge in [-0.1, -0.05) is 26.3 Å². The Balaban J connectivity index is 0.00000544. The molecule has 3 N–H and O–H groups in total. The van der Waals surface area contributed by atoms with Crippen molar-refractivity contribution in [1.82, 2.24) is 4.90 Å². The molecule has 2 rings (SSSR count). The number of methoxy groups -OCH3 is 2. The second kappa shape index (κ2) is 17.6. The van der Waals surface area contributed by atoms with Crippen LogP contribution < -0.4 is 15.2 Å². The van der Waals surface area contributed by atoms with Gasteiger partial charge in [0.15, 0.2) is 11.5 Å². The zero-order chi connectivity index (χ0) is 23.5. The number of halogens is 2. The van der Waals surface area contributed by atoms with E-state index in [1.165, 1.54) is 24.8 Å². The molecule has 1 aliphatic rings. The molecule has 1 aromatic carbocycles. The van der Waals surface area contributed by atoms with Crippen LogP contribution in [0.4, 0.5) is 0 Å². The smallest absolute Gasteiger partial charge is 0.161 e. The minimum absolute atomic E-state index is 0. The fourth-order valence-electron chi connectivity index (χ4n) is 4.55. The third-order valence-electron chi connectivity index (χ3n) is 6.85. The van der Waals surface area contributed by atoms with E-state index in [-0.39, 0.29) is 30.9 Å². The summed E-state index contributed by atoms with van der Waals surface area (Å²) in [6.45, 7) is 9.74. The molecule has 0 unspecified atom stereocenters. The highest BCUT2D eigenvalue weighted by molar-refractivity contribution is 5.85. The lowest BCUT2D eigenvalue weighted by Crippen LogP contribution is -2.48. The predicted octanol–water partition coefficient (Wildman–Crippen LogP) is 4.72. The van der Waals surface area contributed by atoms with Crippen molar-refractivity contribution in [3.8, 4) is 11.5 Å². The van der Waals surface area contributed by atoms with Crippen LogP contribution >= 0.6 is 24.8 Å². The van der Waals surface area contributed by atoms with Crippen molar-refractivity contribution in [2.75, 3.05) is 40.5 Å². The second-order valence-corrected chi connectivity index (χ2v) is 9.69. The van der Waals surface area contributed by atoms with Crippen LogP contribution in [0.5, 0.6) is 11.5 Å². The van der Waals surface area contributed by atoms with Crippen LogP contribution in [0.3, 0.4) is 0 Å². The molecule has 34 heavy (non-hydrogen) atoms. The van der Waals surface area contributed by atoms with Crippen LogP contribution in [-0.2, 0) is 11.2 Å². The van der Waals surface area contributed by atoms with E-state index < -0.39 is 6.10 Å². The molecule has 8 heteroatoms. The van der Waals surface area contributed by atoms with Crippen LogP contribution in [-0.4, -0.2) is 68.7 Å². The topological polar surface area (TPSA) is 77.2 Å². The Hall–Kier alpha value is -0.760. The summed E-state index contributed by atoms with van der Waals surface area (Å²) in [5.41, 5.74) is 7.71. The molecule has 4 atom stereocenters. The lowest BCUT2D eigenvalue weighted by molar-refractivity contribution is 0.0516. The van der Waals surface area contributed by atoms with E-state index in [1.807, 2.05) is 6.07 Å². The SMILES string of the molecule is COCCCOc1cc(C[C@@H](C[C@H](N)[C@@H](O)CN2CCCC[C@@H]2C)C(C)C)ccc1OC.Cl.Cl. The maximum absolute atomic E-state index is 10.8. The summed E-state index contributed by atoms with van der Waals surface area (Å²) in [5, 5.41) is 10.8. The Kier molecular flexibility index (Phi) is 17.2. The molecule has 1 fully saturated rings. The van der Waals surface area contributed by atoms with Crippen molar-refractivity contribution in [2.45, 2.75) is 77.5 Å². The predicted molar refractivity (Wildman–Crippen MR) is 145 cm³/mol. The fraction of sp³-hybridized carbons (Fsp3) is 0.769. The van der Waals surface area contributed by atoms with Gasteiger partial charge >= 0.3 is 0 Å². The molecule has 0 radical (unpaired) electrons. The summed E-state index contributed by atoms with van der Waals surface area (Å²) < 4.78 is 16.5. The summed E-state index contributed by atoms with van der Waals surface area (Å²) >= 11 is 0. The number of hydrogen-bond acceptors (Lipinski definition) is 6. The molecular formula is C26H48Cl2N2O4. The standard InChI is InChI=1S/C26H46N2O4.2ClH/c1-19(2)22(17-23(27)24(29)18-28-12-7-6-9-20(28)3)15-21-10-11-25(31-5)26(16-21)32-14-8-13-30-4;;/h10-11,16,19-20,22-24,29H,6-9,12-15,17-18,27H2,1-5H3;2*1H/t20-,22-,23-,24-;;/m0../s1. The van der Waals surface area contributed by atoms with Crippen LogP contribution in [0.25, 0.3) is 0 Å². The van der Waals surface area contributed by atoms with Gasteiger partial charge in [0.25, 0.3) is 0 Å². The van der Waals surface area contributed by atoms with Gasteiger partial charge in [0.1, 0.15) is 0 Å². The van der Waals surface area contributed by atoms with E-state index in [0.29, 0.717) is 37.6 Å². The van der Waals surface area contributed by atoms with Gasteiger partial charge in [-0.05, 0) is 68.7 Å². The molecule has 0 amide bonds. The Morgan fingerprint density at radius 1 is 1.12 bits per heavy atom. The zero-order valence-corrected chi connectivity index (χ0v) is 23.3. The van der Waals surface area contributed by atoms with Crippen molar-refractivity contribution in [2.24, 2.45) is 17.6 Å². The zero-order valence-electron chi connectivity index (χ0n) is 21.7. The third kappa shape index (κ3) is 10.9. The van der Waals surface area contributed by atoms with E-state index >= 15 is 0 Å². The number of benzene rings is 1. The van der Waals surface area contributed by atoms with Gasteiger partial charge in [-0.2, -0.15) is 0 Å². The van der Waals surface area contributed by atoms with E-state index in [0.717, 1.165) is 37.3 Å². The normalized spacial score (nSPS) is 19.0. The number of nitrogens with zero attached hydrogens (tertiary/aromatic N) is 1. The van der Waals surface area contributed by atoms with Gasteiger partial charge in [0.05, 0.1) is 19.8 Å². The second-order valence-electron chi connectivity index (χ2n) is 9.69. The fourth-order valence-corrected chi connectivity index (χ4v) is 4.55. The van der Waals surface area contributed by atoms with Crippen LogP contribution in [0.2, 0.25) is 0 Å². The molecule has 1 aromatic rings. The van der Waals surface area contributed by atoms with Crippen molar-refractivity contribution in [3.63, 3.8) is 0 Å².